The molecule has 6 nitrogen and oxygen atoms in total. The zero-order valence-corrected chi connectivity index (χ0v) is 13.9. The first-order valence-corrected chi connectivity index (χ1v) is 7.96. The second-order valence-electron chi connectivity index (χ2n) is 5.78. The Bertz CT molecular complexity index is 715. The van der Waals surface area contributed by atoms with Crippen LogP contribution in [0.1, 0.15) is 17.2 Å². The van der Waals surface area contributed by atoms with Crippen LogP contribution in [0.5, 0.6) is 0 Å². The van der Waals surface area contributed by atoms with E-state index in [9.17, 15) is 4.39 Å². The van der Waals surface area contributed by atoms with Crippen molar-refractivity contribution in [3.63, 3.8) is 0 Å². The third kappa shape index (κ3) is 3.91. The Morgan fingerprint density at radius 2 is 2.38 bits per heavy atom. The molecule has 24 heavy (non-hydrogen) atoms. The van der Waals surface area contributed by atoms with Gasteiger partial charge in [-0.2, -0.15) is 5.10 Å². The smallest absolute Gasteiger partial charge is 0.194 e. The number of aryl methyl sites for hydroxylation is 1. The highest BCUT2D eigenvalue weighted by atomic mass is 19.1. The molecule has 1 atom stereocenters. The first kappa shape index (κ1) is 16.4. The Balaban J connectivity index is 1.62. The summed E-state index contributed by atoms with van der Waals surface area (Å²) in [6, 6.07) is 6.57. The molecule has 7 heteroatoms. The van der Waals surface area contributed by atoms with Crippen LogP contribution in [0.15, 0.2) is 41.7 Å². The minimum Gasteiger partial charge on any atom is -0.370 e. The van der Waals surface area contributed by atoms with Crippen LogP contribution in [-0.4, -0.2) is 47.4 Å². The number of aliphatic imine (C=N–C) groups is 1. The van der Waals surface area contributed by atoms with Gasteiger partial charge in [0, 0.05) is 38.9 Å². The van der Waals surface area contributed by atoms with E-state index in [1.165, 1.54) is 12.1 Å². The molecular formula is C17H22FN5O. The van der Waals surface area contributed by atoms with Crippen LogP contribution in [0, 0.1) is 5.82 Å². The summed E-state index contributed by atoms with van der Waals surface area (Å²) in [6.45, 7) is 2.62. The third-order valence-electron chi connectivity index (χ3n) is 4.01. The van der Waals surface area contributed by atoms with Crippen molar-refractivity contribution in [1.82, 2.24) is 20.0 Å². The maximum absolute atomic E-state index is 13.3. The van der Waals surface area contributed by atoms with Gasteiger partial charge < -0.3 is 15.0 Å². The summed E-state index contributed by atoms with van der Waals surface area (Å²) in [7, 11) is 3.64. The third-order valence-corrected chi connectivity index (χ3v) is 4.01. The quantitative estimate of drug-likeness (QED) is 0.687. The van der Waals surface area contributed by atoms with Crippen LogP contribution in [0.2, 0.25) is 0 Å². The molecule has 1 aromatic heterocycles. The number of rotatable bonds is 3. The summed E-state index contributed by atoms with van der Waals surface area (Å²) < 4.78 is 20.9. The monoisotopic (exact) mass is 331 g/mol. The molecule has 1 aliphatic heterocycles. The number of morpholine rings is 1. The number of benzene rings is 1. The molecule has 1 fully saturated rings. The molecule has 3 rings (SSSR count). The fourth-order valence-electron chi connectivity index (χ4n) is 2.81. The zero-order chi connectivity index (χ0) is 16.9. The van der Waals surface area contributed by atoms with E-state index in [2.05, 4.69) is 20.3 Å². The second-order valence-corrected chi connectivity index (χ2v) is 5.78. The van der Waals surface area contributed by atoms with Crippen molar-refractivity contribution in [3.8, 4) is 0 Å². The minimum atomic E-state index is -0.229. The highest BCUT2D eigenvalue weighted by molar-refractivity contribution is 5.80. The van der Waals surface area contributed by atoms with Crippen LogP contribution in [-0.2, 0) is 18.3 Å². The first-order chi connectivity index (χ1) is 11.7. The second kappa shape index (κ2) is 7.44. The summed E-state index contributed by atoms with van der Waals surface area (Å²) in [6.07, 6.45) is 3.77. The maximum atomic E-state index is 13.3. The molecule has 0 bridgehead atoms. The Labute approximate surface area is 140 Å². The average molecular weight is 331 g/mol. The van der Waals surface area contributed by atoms with E-state index in [0.29, 0.717) is 19.7 Å². The Kier molecular flexibility index (Phi) is 5.10. The van der Waals surface area contributed by atoms with E-state index >= 15 is 0 Å². The Hall–Kier alpha value is -2.41. The SMILES string of the molecule is CN=C(NCc1cccc(F)c1)N1CCOC(c2cnn(C)c2)C1. The van der Waals surface area contributed by atoms with Gasteiger partial charge >= 0.3 is 0 Å². The van der Waals surface area contributed by atoms with Gasteiger partial charge in [-0.15, -0.1) is 0 Å². The van der Waals surface area contributed by atoms with Crippen LogP contribution in [0.25, 0.3) is 0 Å². The van der Waals surface area contributed by atoms with Crippen LogP contribution < -0.4 is 5.32 Å². The number of guanidine groups is 1. The summed E-state index contributed by atoms with van der Waals surface area (Å²) in [5, 5.41) is 7.50. The number of hydrogen-bond donors (Lipinski definition) is 1. The zero-order valence-electron chi connectivity index (χ0n) is 13.9. The van der Waals surface area contributed by atoms with Crippen molar-refractivity contribution in [1.29, 1.82) is 0 Å². The van der Waals surface area contributed by atoms with Crippen LogP contribution in [0.3, 0.4) is 0 Å². The van der Waals surface area contributed by atoms with Crippen molar-refractivity contribution in [2.24, 2.45) is 12.0 Å². The van der Waals surface area contributed by atoms with Gasteiger partial charge in [0.15, 0.2) is 5.96 Å². The number of nitrogens with one attached hydrogen (secondary N) is 1. The molecular weight excluding hydrogens is 309 g/mol. The van der Waals surface area contributed by atoms with Gasteiger partial charge in [0.1, 0.15) is 11.9 Å². The summed E-state index contributed by atoms with van der Waals surface area (Å²) in [4.78, 5) is 6.50. The molecule has 1 N–H and O–H groups in total. The maximum Gasteiger partial charge on any atom is 0.194 e. The lowest BCUT2D eigenvalue weighted by atomic mass is 10.1. The molecule has 0 spiro atoms. The van der Waals surface area contributed by atoms with E-state index in [4.69, 9.17) is 4.74 Å². The average Bonchev–Trinajstić information content (AvgIpc) is 3.02. The van der Waals surface area contributed by atoms with Crippen molar-refractivity contribution >= 4 is 5.96 Å². The van der Waals surface area contributed by atoms with Gasteiger partial charge in [-0.3, -0.25) is 9.67 Å². The van der Waals surface area contributed by atoms with Gasteiger partial charge in [-0.25, -0.2) is 4.39 Å². The van der Waals surface area contributed by atoms with E-state index in [1.807, 2.05) is 25.5 Å². The number of halogens is 1. The van der Waals surface area contributed by atoms with Crippen molar-refractivity contribution in [2.45, 2.75) is 12.6 Å². The predicted octanol–water partition coefficient (Wildman–Crippen LogP) is 1.71. The van der Waals surface area contributed by atoms with Crippen LogP contribution in [0.4, 0.5) is 4.39 Å². The normalized spacial score (nSPS) is 18.7. The van der Waals surface area contributed by atoms with E-state index in [-0.39, 0.29) is 11.9 Å². The lowest BCUT2D eigenvalue weighted by Gasteiger charge is -2.34. The standard InChI is InChI=1S/C17H22FN5O/c1-19-17(20-9-13-4-3-5-15(18)8-13)23-6-7-24-16(12-23)14-10-21-22(2)11-14/h3-5,8,10-11,16H,6-7,9,12H2,1-2H3,(H,19,20). The molecule has 128 valence electrons. The molecule has 2 heterocycles. The summed E-state index contributed by atoms with van der Waals surface area (Å²) >= 11 is 0. The van der Waals surface area contributed by atoms with Gasteiger partial charge in [-0.1, -0.05) is 12.1 Å². The molecule has 1 saturated heterocycles. The van der Waals surface area contributed by atoms with E-state index in [1.54, 1.807) is 17.8 Å². The Morgan fingerprint density at radius 1 is 1.50 bits per heavy atom. The van der Waals surface area contributed by atoms with Crippen molar-refractivity contribution in [3.05, 3.63) is 53.6 Å². The molecule has 1 aromatic carbocycles. The molecule has 0 amide bonds. The fraction of sp³-hybridized carbons (Fsp3) is 0.412. The minimum absolute atomic E-state index is 0.0276. The molecule has 0 aliphatic carbocycles. The van der Waals surface area contributed by atoms with Crippen molar-refractivity contribution < 1.29 is 9.13 Å². The highest BCUT2D eigenvalue weighted by Gasteiger charge is 2.25. The molecule has 1 aliphatic rings. The Morgan fingerprint density at radius 3 is 3.08 bits per heavy atom. The van der Waals surface area contributed by atoms with Gasteiger partial charge in [0.05, 0.1) is 19.3 Å². The lowest BCUT2D eigenvalue weighted by Crippen LogP contribution is -2.47. The number of ether oxygens (including phenoxy) is 1. The molecule has 0 saturated carbocycles. The van der Waals surface area contributed by atoms with E-state index in [0.717, 1.165) is 23.6 Å². The summed E-state index contributed by atoms with van der Waals surface area (Å²) in [5.74, 6) is 0.559. The molecule has 0 radical (unpaired) electrons. The number of aromatic nitrogens is 2. The van der Waals surface area contributed by atoms with Crippen molar-refractivity contribution in [2.75, 3.05) is 26.7 Å². The van der Waals surface area contributed by atoms with Gasteiger partial charge in [0.2, 0.25) is 0 Å². The number of nitrogens with zero attached hydrogens (tertiary/aromatic N) is 4. The first-order valence-electron chi connectivity index (χ1n) is 7.96. The molecule has 1 unspecified atom stereocenters. The molecule has 2 aromatic rings. The van der Waals surface area contributed by atoms with Gasteiger partial charge in [0.25, 0.3) is 0 Å². The topological polar surface area (TPSA) is 54.7 Å². The predicted molar refractivity (Wildman–Crippen MR) is 90.1 cm³/mol. The van der Waals surface area contributed by atoms with E-state index < -0.39 is 0 Å². The lowest BCUT2D eigenvalue weighted by molar-refractivity contribution is -0.00805. The van der Waals surface area contributed by atoms with Crippen LogP contribution >= 0.6 is 0 Å². The summed E-state index contributed by atoms with van der Waals surface area (Å²) in [5.41, 5.74) is 1.94. The highest BCUT2D eigenvalue weighted by Crippen LogP contribution is 2.21. The van der Waals surface area contributed by atoms with Gasteiger partial charge in [-0.05, 0) is 17.7 Å². The largest absolute Gasteiger partial charge is 0.370 e. The fourth-order valence-corrected chi connectivity index (χ4v) is 2.81. The number of hydrogen-bond acceptors (Lipinski definition) is 3.